The molecule has 21 heavy (non-hydrogen) atoms. The first-order chi connectivity index (χ1) is 10.4. The average Bonchev–Trinajstić information content (AvgIpc) is 2.95. The maximum absolute atomic E-state index is 4.50. The maximum atomic E-state index is 4.50. The lowest BCUT2D eigenvalue weighted by atomic mass is 10.1. The quantitative estimate of drug-likeness (QED) is 0.745. The Morgan fingerprint density at radius 2 is 1.95 bits per heavy atom. The van der Waals surface area contributed by atoms with Gasteiger partial charge in [-0.2, -0.15) is 0 Å². The van der Waals surface area contributed by atoms with Crippen LogP contribution >= 0.6 is 0 Å². The summed E-state index contributed by atoms with van der Waals surface area (Å²) in [5, 5.41) is 4.73. The van der Waals surface area contributed by atoms with Crippen LogP contribution in [-0.4, -0.2) is 9.55 Å². The number of aryl methyl sites for hydroxylation is 1. The van der Waals surface area contributed by atoms with E-state index < -0.39 is 0 Å². The number of nitrogens with zero attached hydrogens (tertiary/aromatic N) is 2. The molecule has 3 heteroatoms. The molecule has 0 atom stereocenters. The second kappa shape index (κ2) is 6.55. The summed E-state index contributed by atoms with van der Waals surface area (Å²) in [6.45, 7) is 5.01. The van der Waals surface area contributed by atoms with Crippen molar-refractivity contribution < 1.29 is 0 Å². The second-order valence-corrected chi connectivity index (χ2v) is 5.29. The van der Waals surface area contributed by atoms with E-state index in [9.17, 15) is 0 Å². The highest BCUT2D eigenvalue weighted by atomic mass is 15.0. The minimum atomic E-state index is 0.839. The van der Waals surface area contributed by atoms with Gasteiger partial charge < -0.3 is 9.88 Å². The van der Waals surface area contributed by atoms with Crippen molar-refractivity contribution in [1.29, 1.82) is 0 Å². The third-order valence-electron chi connectivity index (χ3n) is 3.73. The molecule has 108 valence electrons. The van der Waals surface area contributed by atoms with Gasteiger partial charge in [-0.25, -0.2) is 0 Å². The molecule has 3 nitrogen and oxygen atoms in total. The summed E-state index contributed by atoms with van der Waals surface area (Å²) in [5.74, 6) is 0. The Morgan fingerprint density at radius 3 is 2.86 bits per heavy atom. The minimum Gasteiger partial charge on any atom is -0.350 e. The standard InChI is InChI=1S/C18H21N3/c1-2-11-21-12-5-9-17(21)14-19-13-16-7-3-6-15-8-4-10-20-18(15)16/h3-10,12,19H,2,11,13-14H2,1H3. The van der Waals surface area contributed by atoms with Crippen LogP contribution in [0.4, 0.5) is 0 Å². The molecule has 0 saturated heterocycles. The van der Waals surface area contributed by atoms with Crippen LogP contribution in [0, 0.1) is 0 Å². The van der Waals surface area contributed by atoms with E-state index in [1.54, 1.807) is 0 Å². The Morgan fingerprint density at radius 1 is 1.05 bits per heavy atom. The van der Waals surface area contributed by atoms with E-state index in [0.717, 1.165) is 31.6 Å². The molecule has 0 aliphatic carbocycles. The number of fused-ring (bicyclic) bond motifs is 1. The fraction of sp³-hybridized carbons (Fsp3) is 0.278. The molecular weight excluding hydrogens is 258 g/mol. The van der Waals surface area contributed by atoms with Crippen LogP contribution in [0.15, 0.2) is 54.9 Å². The molecule has 0 amide bonds. The van der Waals surface area contributed by atoms with E-state index in [-0.39, 0.29) is 0 Å². The largest absolute Gasteiger partial charge is 0.350 e. The van der Waals surface area contributed by atoms with Crippen molar-refractivity contribution in [3.8, 4) is 0 Å². The van der Waals surface area contributed by atoms with Crippen LogP contribution in [0.25, 0.3) is 10.9 Å². The Kier molecular flexibility index (Phi) is 4.31. The molecule has 0 radical (unpaired) electrons. The van der Waals surface area contributed by atoms with Crippen LogP contribution in [0.3, 0.4) is 0 Å². The van der Waals surface area contributed by atoms with Gasteiger partial charge in [0.15, 0.2) is 0 Å². The van der Waals surface area contributed by atoms with E-state index in [0.29, 0.717) is 0 Å². The van der Waals surface area contributed by atoms with E-state index in [1.165, 1.54) is 16.6 Å². The molecule has 0 spiro atoms. The van der Waals surface area contributed by atoms with Gasteiger partial charge in [0.1, 0.15) is 0 Å². The third-order valence-corrected chi connectivity index (χ3v) is 3.73. The van der Waals surface area contributed by atoms with E-state index in [2.05, 4.69) is 64.4 Å². The average molecular weight is 279 g/mol. The number of aromatic nitrogens is 2. The Labute approximate surface area is 125 Å². The monoisotopic (exact) mass is 279 g/mol. The third kappa shape index (κ3) is 3.14. The van der Waals surface area contributed by atoms with Crippen molar-refractivity contribution in [2.75, 3.05) is 0 Å². The zero-order chi connectivity index (χ0) is 14.5. The number of rotatable bonds is 6. The van der Waals surface area contributed by atoms with Crippen molar-refractivity contribution >= 4 is 10.9 Å². The molecule has 2 heterocycles. The first-order valence-electron chi connectivity index (χ1n) is 7.56. The van der Waals surface area contributed by atoms with Gasteiger partial charge in [0.25, 0.3) is 0 Å². The fourth-order valence-corrected chi connectivity index (χ4v) is 2.70. The van der Waals surface area contributed by atoms with Gasteiger partial charge >= 0.3 is 0 Å². The number of pyridine rings is 1. The van der Waals surface area contributed by atoms with Crippen LogP contribution in [0.1, 0.15) is 24.6 Å². The maximum Gasteiger partial charge on any atom is 0.0746 e. The highest BCUT2D eigenvalue weighted by Gasteiger charge is 2.03. The van der Waals surface area contributed by atoms with E-state index in [1.807, 2.05) is 12.3 Å². The summed E-state index contributed by atoms with van der Waals surface area (Å²) in [6.07, 6.45) is 5.17. The molecule has 0 unspecified atom stereocenters. The van der Waals surface area contributed by atoms with Crippen molar-refractivity contribution in [3.05, 3.63) is 66.1 Å². The first kappa shape index (κ1) is 13.8. The van der Waals surface area contributed by atoms with Gasteiger partial charge in [0.2, 0.25) is 0 Å². The minimum absolute atomic E-state index is 0.839. The molecule has 0 aliphatic rings. The van der Waals surface area contributed by atoms with Gasteiger partial charge in [-0.3, -0.25) is 4.98 Å². The molecule has 1 aromatic carbocycles. The smallest absolute Gasteiger partial charge is 0.0746 e. The number of para-hydroxylation sites is 1. The van der Waals surface area contributed by atoms with Gasteiger partial charge in [-0.15, -0.1) is 0 Å². The van der Waals surface area contributed by atoms with Gasteiger partial charge in [0, 0.05) is 43.1 Å². The van der Waals surface area contributed by atoms with Gasteiger partial charge in [-0.05, 0) is 30.2 Å². The summed E-state index contributed by atoms with van der Waals surface area (Å²) >= 11 is 0. The van der Waals surface area contributed by atoms with Crippen molar-refractivity contribution in [1.82, 2.24) is 14.9 Å². The first-order valence-corrected chi connectivity index (χ1v) is 7.56. The Balaban J connectivity index is 1.68. The second-order valence-electron chi connectivity index (χ2n) is 5.29. The predicted molar refractivity (Wildman–Crippen MR) is 87.0 cm³/mol. The fourth-order valence-electron chi connectivity index (χ4n) is 2.70. The summed E-state index contributed by atoms with van der Waals surface area (Å²) in [6, 6.07) is 14.7. The summed E-state index contributed by atoms with van der Waals surface area (Å²) in [7, 11) is 0. The van der Waals surface area contributed by atoms with E-state index in [4.69, 9.17) is 0 Å². The predicted octanol–water partition coefficient (Wildman–Crippen LogP) is 3.74. The topological polar surface area (TPSA) is 29.9 Å². The molecular formula is C18H21N3. The molecule has 0 fully saturated rings. The number of nitrogens with one attached hydrogen (secondary N) is 1. The number of benzene rings is 1. The lowest BCUT2D eigenvalue weighted by Crippen LogP contribution is -2.16. The Hall–Kier alpha value is -2.13. The van der Waals surface area contributed by atoms with Crippen molar-refractivity contribution in [3.63, 3.8) is 0 Å². The van der Waals surface area contributed by atoms with Gasteiger partial charge in [-0.1, -0.05) is 31.2 Å². The lowest BCUT2D eigenvalue weighted by Gasteiger charge is -2.10. The van der Waals surface area contributed by atoms with Gasteiger partial charge in [0.05, 0.1) is 5.52 Å². The van der Waals surface area contributed by atoms with Crippen LogP contribution in [-0.2, 0) is 19.6 Å². The highest BCUT2D eigenvalue weighted by molar-refractivity contribution is 5.81. The van der Waals surface area contributed by atoms with Crippen molar-refractivity contribution in [2.24, 2.45) is 0 Å². The normalized spacial score (nSPS) is 11.1. The van der Waals surface area contributed by atoms with Crippen LogP contribution in [0.5, 0.6) is 0 Å². The SMILES string of the molecule is CCCn1cccc1CNCc1cccc2cccnc12. The van der Waals surface area contributed by atoms with E-state index >= 15 is 0 Å². The molecule has 3 rings (SSSR count). The highest BCUT2D eigenvalue weighted by Crippen LogP contribution is 2.15. The molecule has 1 N–H and O–H groups in total. The zero-order valence-corrected chi connectivity index (χ0v) is 12.4. The summed E-state index contributed by atoms with van der Waals surface area (Å²) in [4.78, 5) is 4.50. The molecule has 3 aromatic rings. The molecule has 0 aliphatic heterocycles. The summed E-state index contributed by atoms with van der Waals surface area (Å²) < 4.78 is 2.31. The molecule has 2 aromatic heterocycles. The summed E-state index contributed by atoms with van der Waals surface area (Å²) in [5.41, 5.74) is 3.68. The Bertz CT molecular complexity index is 710. The van der Waals surface area contributed by atoms with Crippen LogP contribution < -0.4 is 5.32 Å². The van der Waals surface area contributed by atoms with Crippen LogP contribution in [0.2, 0.25) is 0 Å². The molecule has 0 bridgehead atoms. The molecule has 0 saturated carbocycles. The number of hydrogen-bond acceptors (Lipinski definition) is 2. The van der Waals surface area contributed by atoms with Crippen molar-refractivity contribution in [2.45, 2.75) is 33.0 Å². The lowest BCUT2D eigenvalue weighted by molar-refractivity contribution is 0.603. The zero-order valence-electron chi connectivity index (χ0n) is 12.4. The number of hydrogen-bond donors (Lipinski definition) is 1.